The fourth-order valence-electron chi connectivity index (χ4n) is 1.99. The minimum absolute atomic E-state index is 0.161. The van der Waals surface area contributed by atoms with E-state index < -0.39 is 28.1 Å². The second kappa shape index (κ2) is 7.06. The van der Waals surface area contributed by atoms with Gasteiger partial charge in [-0.15, -0.1) is 0 Å². The maximum absolute atomic E-state index is 11.7. The summed E-state index contributed by atoms with van der Waals surface area (Å²) in [6.07, 6.45) is 2.29. The number of ether oxygens (including phenoxy) is 1. The van der Waals surface area contributed by atoms with Crippen LogP contribution in [-0.2, 0) is 19.6 Å². The van der Waals surface area contributed by atoms with Crippen molar-refractivity contribution < 1.29 is 23.1 Å². The summed E-state index contributed by atoms with van der Waals surface area (Å²) in [5.74, 6) is -0.818. The van der Waals surface area contributed by atoms with Crippen LogP contribution in [0.5, 0.6) is 0 Å². The van der Waals surface area contributed by atoms with Crippen molar-refractivity contribution in [2.45, 2.75) is 51.2 Å². The van der Waals surface area contributed by atoms with E-state index in [9.17, 15) is 18.3 Å². The summed E-state index contributed by atoms with van der Waals surface area (Å²) in [6, 6.07) is -0.425. The molecule has 1 aliphatic rings. The highest BCUT2D eigenvalue weighted by Crippen LogP contribution is 2.19. The Kier molecular flexibility index (Phi) is 6.04. The molecule has 0 aromatic carbocycles. The van der Waals surface area contributed by atoms with Gasteiger partial charge in [-0.05, 0) is 19.8 Å². The summed E-state index contributed by atoms with van der Waals surface area (Å²) >= 11 is 0. The lowest BCUT2D eigenvalue weighted by Crippen LogP contribution is -2.45. The average molecular weight is 279 g/mol. The number of carbonyl (C=O) groups is 1. The maximum atomic E-state index is 11.7. The SMILES string of the molecule is CCOC(=O)CCS(=O)(=O)N[C@@H]1CCCC[C@H]1O. The van der Waals surface area contributed by atoms with Gasteiger partial charge < -0.3 is 9.84 Å². The van der Waals surface area contributed by atoms with Gasteiger partial charge in [-0.1, -0.05) is 12.8 Å². The van der Waals surface area contributed by atoms with Gasteiger partial charge in [0.15, 0.2) is 0 Å². The van der Waals surface area contributed by atoms with Gasteiger partial charge in [0.1, 0.15) is 0 Å². The molecule has 1 fully saturated rings. The van der Waals surface area contributed by atoms with Gasteiger partial charge in [0.05, 0.1) is 24.9 Å². The number of hydrogen-bond acceptors (Lipinski definition) is 5. The minimum atomic E-state index is -3.54. The predicted molar refractivity (Wildman–Crippen MR) is 66.4 cm³/mol. The van der Waals surface area contributed by atoms with Gasteiger partial charge in [-0.3, -0.25) is 4.79 Å². The summed E-state index contributed by atoms with van der Waals surface area (Å²) in [4.78, 5) is 11.1. The molecule has 0 aliphatic heterocycles. The zero-order valence-electron chi connectivity index (χ0n) is 10.6. The first-order chi connectivity index (χ1) is 8.44. The van der Waals surface area contributed by atoms with E-state index in [-0.39, 0.29) is 18.8 Å². The molecule has 106 valence electrons. The molecule has 0 saturated heterocycles. The molecule has 1 aliphatic carbocycles. The van der Waals surface area contributed by atoms with Crippen molar-refractivity contribution in [2.24, 2.45) is 0 Å². The number of sulfonamides is 1. The molecule has 1 rings (SSSR count). The molecule has 0 aromatic rings. The summed E-state index contributed by atoms with van der Waals surface area (Å²) in [5.41, 5.74) is 0. The smallest absolute Gasteiger partial charge is 0.306 e. The number of esters is 1. The molecule has 0 aromatic heterocycles. The van der Waals surface area contributed by atoms with E-state index in [1.165, 1.54) is 0 Å². The van der Waals surface area contributed by atoms with Crippen molar-refractivity contribution in [1.82, 2.24) is 4.72 Å². The number of rotatable bonds is 6. The summed E-state index contributed by atoms with van der Waals surface area (Å²) in [7, 11) is -3.54. The predicted octanol–water partition coefficient (Wildman–Crippen LogP) is 0.162. The molecule has 2 atom stereocenters. The Morgan fingerprint density at radius 2 is 2.06 bits per heavy atom. The van der Waals surface area contributed by atoms with Crippen LogP contribution in [0.4, 0.5) is 0 Å². The fourth-order valence-corrected chi connectivity index (χ4v) is 3.28. The Labute approximate surface area is 108 Å². The highest BCUT2D eigenvalue weighted by molar-refractivity contribution is 7.89. The first kappa shape index (κ1) is 15.4. The van der Waals surface area contributed by atoms with Crippen molar-refractivity contribution in [3.8, 4) is 0 Å². The Morgan fingerprint density at radius 1 is 1.39 bits per heavy atom. The van der Waals surface area contributed by atoms with Gasteiger partial charge in [-0.25, -0.2) is 13.1 Å². The van der Waals surface area contributed by atoms with Crippen LogP contribution in [0.2, 0.25) is 0 Å². The minimum Gasteiger partial charge on any atom is -0.466 e. The molecule has 0 unspecified atom stereocenters. The van der Waals surface area contributed by atoms with Gasteiger partial charge in [0, 0.05) is 6.04 Å². The van der Waals surface area contributed by atoms with Crippen molar-refractivity contribution in [3.63, 3.8) is 0 Å². The van der Waals surface area contributed by atoms with Crippen LogP contribution in [0.25, 0.3) is 0 Å². The maximum Gasteiger partial charge on any atom is 0.306 e. The van der Waals surface area contributed by atoms with Crippen LogP contribution in [-0.4, -0.2) is 44.0 Å². The summed E-state index contributed by atoms with van der Waals surface area (Å²) in [6.45, 7) is 1.91. The highest BCUT2D eigenvalue weighted by atomic mass is 32.2. The van der Waals surface area contributed by atoms with Crippen LogP contribution < -0.4 is 4.72 Å². The van der Waals surface area contributed by atoms with E-state index in [0.29, 0.717) is 12.8 Å². The lowest BCUT2D eigenvalue weighted by Gasteiger charge is -2.27. The Morgan fingerprint density at radius 3 is 2.67 bits per heavy atom. The normalized spacial score (nSPS) is 24.8. The monoisotopic (exact) mass is 279 g/mol. The molecule has 1 saturated carbocycles. The number of hydrogen-bond donors (Lipinski definition) is 2. The highest BCUT2D eigenvalue weighted by Gasteiger charge is 2.27. The first-order valence-corrected chi connectivity index (χ1v) is 7.93. The van der Waals surface area contributed by atoms with Crippen molar-refractivity contribution in [3.05, 3.63) is 0 Å². The van der Waals surface area contributed by atoms with E-state index in [0.717, 1.165) is 12.8 Å². The fraction of sp³-hybridized carbons (Fsp3) is 0.909. The number of aliphatic hydroxyl groups excluding tert-OH is 1. The number of carbonyl (C=O) groups excluding carboxylic acids is 1. The topological polar surface area (TPSA) is 92.7 Å². The zero-order valence-corrected chi connectivity index (χ0v) is 11.4. The molecule has 0 radical (unpaired) electrons. The molecular formula is C11H21NO5S. The van der Waals surface area contributed by atoms with E-state index in [1.54, 1.807) is 6.92 Å². The molecule has 0 heterocycles. The van der Waals surface area contributed by atoms with E-state index >= 15 is 0 Å². The number of nitrogens with one attached hydrogen (secondary N) is 1. The second-order valence-corrected chi connectivity index (χ2v) is 6.32. The molecule has 7 heteroatoms. The Balaban J connectivity index is 2.41. The molecule has 0 spiro atoms. The third-order valence-corrected chi connectivity index (χ3v) is 4.34. The van der Waals surface area contributed by atoms with Gasteiger partial charge in [-0.2, -0.15) is 0 Å². The molecule has 0 amide bonds. The van der Waals surface area contributed by atoms with E-state index in [4.69, 9.17) is 0 Å². The van der Waals surface area contributed by atoms with Crippen LogP contribution in [0.1, 0.15) is 39.0 Å². The quantitative estimate of drug-likeness (QED) is 0.676. The van der Waals surface area contributed by atoms with Crippen LogP contribution in [0.3, 0.4) is 0 Å². The third-order valence-electron chi connectivity index (χ3n) is 2.94. The third kappa shape index (κ3) is 5.32. The van der Waals surface area contributed by atoms with E-state index in [2.05, 4.69) is 9.46 Å². The van der Waals surface area contributed by atoms with Crippen molar-refractivity contribution in [1.29, 1.82) is 0 Å². The van der Waals surface area contributed by atoms with Crippen molar-refractivity contribution in [2.75, 3.05) is 12.4 Å². The van der Waals surface area contributed by atoms with Gasteiger partial charge in [0.25, 0.3) is 0 Å². The number of aliphatic hydroxyl groups is 1. The van der Waals surface area contributed by atoms with Crippen LogP contribution in [0.15, 0.2) is 0 Å². The van der Waals surface area contributed by atoms with Gasteiger partial charge in [0.2, 0.25) is 10.0 Å². The Bertz CT molecular complexity index is 368. The standard InChI is InChI=1S/C11H21NO5S/c1-2-17-11(14)7-8-18(15,16)12-9-5-3-4-6-10(9)13/h9-10,12-13H,2-8H2,1H3/t9-,10-/m1/s1. The largest absolute Gasteiger partial charge is 0.466 e. The molecule has 18 heavy (non-hydrogen) atoms. The lowest BCUT2D eigenvalue weighted by molar-refractivity contribution is -0.142. The van der Waals surface area contributed by atoms with Crippen molar-refractivity contribution >= 4 is 16.0 Å². The van der Waals surface area contributed by atoms with Gasteiger partial charge >= 0.3 is 5.97 Å². The summed E-state index contributed by atoms with van der Waals surface area (Å²) < 4.78 is 30.6. The zero-order chi connectivity index (χ0) is 13.6. The molecule has 0 bridgehead atoms. The lowest BCUT2D eigenvalue weighted by atomic mass is 9.93. The molecular weight excluding hydrogens is 258 g/mol. The second-order valence-electron chi connectivity index (χ2n) is 4.45. The van der Waals surface area contributed by atoms with Crippen LogP contribution in [0, 0.1) is 0 Å². The average Bonchev–Trinajstić information content (AvgIpc) is 2.30. The van der Waals surface area contributed by atoms with Crippen LogP contribution >= 0.6 is 0 Å². The summed E-state index contributed by atoms with van der Waals surface area (Å²) in [5, 5.41) is 9.68. The Hall–Kier alpha value is -0.660. The molecule has 2 N–H and O–H groups in total. The first-order valence-electron chi connectivity index (χ1n) is 6.28. The molecule has 6 nitrogen and oxygen atoms in total. The van der Waals surface area contributed by atoms with E-state index in [1.807, 2.05) is 0 Å².